The Kier molecular flexibility index (Phi) is 10.3. The molecule has 1 aromatic heterocycles. The number of rotatable bonds is 6. The van der Waals surface area contributed by atoms with Crippen LogP contribution in [0.1, 0.15) is 52.7 Å². The highest BCUT2D eigenvalue weighted by molar-refractivity contribution is 7.97. The van der Waals surface area contributed by atoms with E-state index in [1.54, 1.807) is 19.1 Å². The minimum absolute atomic E-state index is 0.131. The molecule has 6 nitrogen and oxygen atoms in total. The summed E-state index contributed by atoms with van der Waals surface area (Å²) in [7, 11) is -4.60. The summed E-state index contributed by atoms with van der Waals surface area (Å²) in [5, 5.41) is 1.04. The first-order valence-electron chi connectivity index (χ1n) is 13.3. The van der Waals surface area contributed by atoms with Crippen LogP contribution in [0, 0.1) is 13.8 Å². The largest absolute Gasteiger partial charge is 0.744 e. The van der Waals surface area contributed by atoms with Crippen LogP contribution in [0.25, 0.3) is 0 Å². The fraction of sp³-hybridized carbons (Fsp3) is 0.303. The molecule has 218 valence electrons. The fourth-order valence-electron chi connectivity index (χ4n) is 3.92. The molecule has 0 fully saturated rings. The zero-order valence-corrected chi connectivity index (χ0v) is 26.6. The van der Waals surface area contributed by atoms with E-state index in [4.69, 9.17) is 9.47 Å². The van der Waals surface area contributed by atoms with Gasteiger partial charge in [-0.1, -0.05) is 23.8 Å². The van der Waals surface area contributed by atoms with E-state index in [0.717, 1.165) is 22.1 Å². The second kappa shape index (κ2) is 13.1. The number of hydrogen-bond donors (Lipinski definition) is 0. The van der Waals surface area contributed by atoms with Gasteiger partial charge < -0.3 is 14.0 Å². The molecule has 0 saturated carbocycles. The molecule has 0 radical (unpaired) electrons. The van der Waals surface area contributed by atoms with Crippen LogP contribution in [0.4, 0.5) is 0 Å². The van der Waals surface area contributed by atoms with Gasteiger partial charge in [-0.05, 0) is 122 Å². The standard InChI is InChI=1S/C25H30NO2S.C8H10O3S/c1-24(2,3)27-19-10-14-21(15-11-19)29(23-9-7-8-18-26-23)22-16-12-20(13-17-22)28-25(4,5)6;1-6-3-4-8(7(2)5-6)12(9,10)11/h7-18H,1-6H3;3-5H,1-2H3,(H,9,10,11)/q+1;/p-1. The maximum absolute atomic E-state index is 10.6. The van der Waals surface area contributed by atoms with Gasteiger partial charge in [0.25, 0.3) is 5.03 Å². The monoisotopic (exact) mass is 593 g/mol. The van der Waals surface area contributed by atoms with Crippen molar-refractivity contribution in [3.8, 4) is 11.5 Å². The average molecular weight is 594 g/mol. The van der Waals surface area contributed by atoms with Crippen molar-refractivity contribution in [3.05, 3.63) is 102 Å². The van der Waals surface area contributed by atoms with Crippen molar-refractivity contribution in [2.24, 2.45) is 0 Å². The Morgan fingerprint density at radius 1 is 0.707 bits per heavy atom. The summed E-state index contributed by atoms with van der Waals surface area (Å²) in [6.45, 7) is 15.8. The maximum atomic E-state index is 10.6. The summed E-state index contributed by atoms with van der Waals surface area (Å²) >= 11 is 0. The molecule has 0 spiro atoms. The van der Waals surface area contributed by atoms with Gasteiger partial charge in [0, 0.05) is 12.3 Å². The summed E-state index contributed by atoms with van der Waals surface area (Å²) in [6.07, 6.45) is 1.85. The van der Waals surface area contributed by atoms with E-state index in [0.29, 0.717) is 5.56 Å². The molecule has 0 aliphatic heterocycles. The zero-order valence-electron chi connectivity index (χ0n) is 25.0. The normalized spacial score (nSPS) is 12.0. The molecule has 0 aliphatic rings. The average Bonchev–Trinajstić information content (AvgIpc) is 2.85. The van der Waals surface area contributed by atoms with Gasteiger partial charge in [-0.15, -0.1) is 0 Å². The number of pyridine rings is 1. The van der Waals surface area contributed by atoms with Crippen LogP contribution in [-0.2, 0) is 21.0 Å². The van der Waals surface area contributed by atoms with Gasteiger partial charge in [0.2, 0.25) is 0 Å². The molecular formula is C33H39NO5S2. The van der Waals surface area contributed by atoms with Gasteiger partial charge in [0.05, 0.1) is 4.90 Å². The van der Waals surface area contributed by atoms with Crippen LogP contribution in [0.15, 0.2) is 111 Å². The van der Waals surface area contributed by atoms with Crippen molar-refractivity contribution in [2.45, 2.75) is 86.3 Å². The lowest BCUT2D eigenvalue weighted by Gasteiger charge is -2.21. The predicted molar refractivity (Wildman–Crippen MR) is 164 cm³/mol. The highest BCUT2D eigenvalue weighted by Gasteiger charge is 2.30. The van der Waals surface area contributed by atoms with Crippen LogP contribution in [0.2, 0.25) is 0 Å². The molecule has 0 saturated heterocycles. The summed E-state index contributed by atoms with van der Waals surface area (Å²) < 4.78 is 43.8. The molecule has 0 N–H and O–H groups in total. The Labute approximate surface area is 247 Å². The Morgan fingerprint density at radius 3 is 1.56 bits per heavy atom. The van der Waals surface area contributed by atoms with E-state index in [9.17, 15) is 13.0 Å². The molecule has 0 atom stereocenters. The lowest BCUT2D eigenvalue weighted by molar-refractivity contribution is 0.130. The molecule has 0 unspecified atom stereocenters. The topological polar surface area (TPSA) is 88.6 Å². The van der Waals surface area contributed by atoms with E-state index in [2.05, 4.69) is 76.9 Å². The van der Waals surface area contributed by atoms with Gasteiger partial charge in [-0.25, -0.2) is 13.4 Å². The molecule has 0 amide bonds. The van der Waals surface area contributed by atoms with E-state index in [1.807, 2.05) is 49.5 Å². The van der Waals surface area contributed by atoms with Gasteiger partial charge in [-0.3, -0.25) is 0 Å². The first-order valence-corrected chi connectivity index (χ1v) is 15.9. The van der Waals surface area contributed by atoms with E-state index in [-0.39, 0.29) is 27.0 Å². The van der Waals surface area contributed by atoms with Crippen LogP contribution < -0.4 is 9.47 Å². The van der Waals surface area contributed by atoms with Crippen LogP contribution >= 0.6 is 0 Å². The molecule has 1 heterocycles. The molecule has 8 heteroatoms. The predicted octanol–water partition coefficient (Wildman–Crippen LogP) is 7.74. The van der Waals surface area contributed by atoms with Gasteiger partial charge in [-0.2, -0.15) is 0 Å². The van der Waals surface area contributed by atoms with Crippen molar-refractivity contribution in [3.63, 3.8) is 0 Å². The second-order valence-corrected chi connectivity index (χ2v) is 14.9. The van der Waals surface area contributed by atoms with E-state index < -0.39 is 10.1 Å². The number of aromatic nitrogens is 1. The number of hydrogen-bond acceptors (Lipinski definition) is 6. The zero-order chi connectivity index (χ0) is 30.4. The van der Waals surface area contributed by atoms with E-state index in [1.165, 1.54) is 15.9 Å². The van der Waals surface area contributed by atoms with Crippen molar-refractivity contribution < 1.29 is 22.4 Å². The number of ether oxygens (including phenoxy) is 2. The van der Waals surface area contributed by atoms with E-state index >= 15 is 0 Å². The molecule has 0 aliphatic carbocycles. The maximum Gasteiger partial charge on any atom is 0.258 e. The minimum Gasteiger partial charge on any atom is -0.744 e. The Hall–Kier alpha value is -3.33. The third-order valence-corrected chi connectivity index (χ3v) is 8.56. The third-order valence-electron chi connectivity index (χ3n) is 5.41. The molecule has 3 aromatic carbocycles. The summed E-state index contributed by atoms with van der Waals surface area (Å²) in [5.41, 5.74) is 1.02. The first-order chi connectivity index (χ1) is 19.0. The smallest absolute Gasteiger partial charge is 0.258 e. The van der Waals surface area contributed by atoms with Gasteiger partial charge in [0.15, 0.2) is 9.79 Å². The summed E-state index contributed by atoms with van der Waals surface area (Å²) in [5.74, 6) is 1.75. The van der Waals surface area contributed by atoms with Crippen LogP contribution in [0.5, 0.6) is 11.5 Å². The van der Waals surface area contributed by atoms with Crippen molar-refractivity contribution in [2.75, 3.05) is 0 Å². The molecule has 0 bridgehead atoms. The van der Waals surface area contributed by atoms with Crippen molar-refractivity contribution in [1.82, 2.24) is 4.98 Å². The Bertz CT molecular complexity index is 1460. The highest BCUT2D eigenvalue weighted by Crippen LogP contribution is 2.33. The fourth-order valence-corrected chi connectivity index (χ4v) is 6.56. The lowest BCUT2D eigenvalue weighted by Crippen LogP contribution is -2.23. The first kappa shape index (κ1) is 32.2. The summed E-state index contributed by atoms with van der Waals surface area (Å²) in [6, 6.07) is 27.4. The van der Waals surface area contributed by atoms with Gasteiger partial charge in [0.1, 0.15) is 43.7 Å². The minimum atomic E-state index is -4.30. The number of benzene rings is 3. The van der Waals surface area contributed by atoms with Crippen LogP contribution in [-0.4, -0.2) is 29.2 Å². The molecular weight excluding hydrogens is 554 g/mol. The lowest BCUT2D eigenvalue weighted by atomic mass is 10.2. The van der Waals surface area contributed by atoms with Crippen molar-refractivity contribution in [1.29, 1.82) is 0 Å². The SMILES string of the molecule is CC(C)(C)Oc1ccc([S+](c2ccc(OC(C)(C)C)cc2)c2ccccn2)cc1.Cc1ccc(S(=O)(=O)[O-])c(C)c1. The summed E-state index contributed by atoms with van der Waals surface area (Å²) in [4.78, 5) is 6.92. The Balaban J connectivity index is 0.000000322. The quantitative estimate of drug-likeness (QED) is 0.168. The Morgan fingerprint density at radius 2 is 1.20 bits per heavy atom. The molecule has 4 aromatic rings. The molecule has 41 heavy (non-hydrogen) atoms. The van der Waals surface area contributed by atoms with Crippen LogP contribution in [0.3, 0.4) is 0 Å². The number of nitrogens with zero attached hydrogens (tertiary/aromatic N) is 1. The second-order valence-electron chi connectivity index (χ2n) is 11.6. The van der Waals surface area contributed by atoms with Crippen molar-refractivity contribution >= 4 is 21.0 Å². The molecule has 4 rings (SSSR count). The number of aryl methyl sites for hydroxylation is 2. The van der Waals surface area contributed by atoms with Gasteiger partial charge >= 0.3 is 0 Å². The highest BCUT2D eigenvalue weighted by atomic mass is 32.2. The third kappa shape index (κ3) is 10.2.